The fraction of sp³-hybridized carbons (Fsp3) is 0.375. The summed E-state index contributed by atoms with van der Waals surface area (Å²) in [5.41, 5.74) is 1.39. The van der Waals surface area contributed by atoms with Crippen molar-refractivity contribution in [2.45, 2.75) is 57.6 Å². The molecule has 3 aromatic carbocycles. The molecule has 0 aliphatic rings. The van der Waals surface area contributed by atoms with Crippen molar-refractivity contribution >= 4 is 27.5 Å². The summed E-state index contributed by atoms with van der Waals surface area (Å²) >= 11 is 0. The minimum Gasteiger partial charge on any atom is -0.497 e. The normalized spacial score (nSPS) is 12.2. The van der Waals surface area contributed by atoms with Crippen molar-refractivity contribution in [3.05, 3.63) is 77.9 Å². The van der Waals surface area contributed by atoms with Crippen LogP contribution in [0.1, 0.15) is 38.8 Å². The number of rotatable bonds is 12. The van der Waals surface area contributed by atoms with Crippen LogP contribution in [-0.4, -0.2) is 64.6 Å². The Kier molecular flexibility index (Phi) is 10.7. The Hall–Kier alpha value is -4.25. The topological polar surface area (TPSA) is 114 Å². The van der Waals surface area contributed by atoms with Crippen LogP contribution in [0.5, 0.6) is 17.2 Å². The fourth-order valence-electron chi connectivity index (χ4n) is 4.37. The predicted molar refractivity (Wildman–Crippen MR) is 166 cm³/mol. The Morgan fingerprint density at radius 2 is 1.53 bits per heavy atom. The van der Waals surface area contributed by atoms with Crippen molar-refractivity contribution in [2.75, 3.05) is 32.2 Å². The number of hydrogen-bond donors (Lipinski definition) is 1. The van der Waals surface area contributed by atoms with E-state index in [1.54, 1.807) is 56.5 Å². The van der Waals surface area contributed by atoms with Crippen molar-refractivity contribution in [3.8, 4) is 17.2 Å². The van der Waals surface area contributed by atoms with E-state index in [1.807, 2.05) is 33.8 Å². The quantitative estimate of drug-likeness (QED) is 0.320. The number of carbonyl (C=O) groups is 2. The van der Waals surface area contributed by atoms with E-state index in [1.165, 1.54) is 37.3 Å². The summed E-state index contributed by atoms with van der Waals surface area (Å²) in [6, 6.07) is 17.3. The number of sulfonamides is 1. The Morgan fingerprint density at radius 3 is 2.12 bits per heavy atom. The van der Waals surface area contributed by atoms with Gasteiger partial charge >= 0.3 is 0 Å². The van der Waals surface area contributed by atoms with Crippen LogP contribution in [0.15, 0.2) is 71.6 Å². The lowest BCUT2D eigenvalue weighted by Crippen LogP contribution is -2.54. The minimum atomic E-state index is -4.28. The summed E-state index contributed by atoms with van der Waals surface area (Å²) in [4.78, 5) is 28.7. The van der Waals surface area contributed by atoms with Crippen LogP contribution in [0.3, 0.4) is 0 Å². The van der Waals surface area contributed by atoms with Crippen LogP contribution < -0.4 is 23.8 Å². The first kappa shape index (κ1) is 33.3. The molecule has 3 aromatic rings. The van der Waals surface area contributed by atoms with E-state index in [-0.39, 0.29) is 23.1 Å². The van der Waals surface area contributed by atoms with Gasteiger partial charge < -0.3 is 24.4 Å². The second kappa shape index (κ2) is 13.8. The second-order valence-electron chi connectivity index (χ2n) is 11.2. The van der Waals surface area contributed by atoms with Gasteiger partial charge in [-0.3, -0.25) is 13.9 Å². The van der Waals surface area contributed by atoms with Crippen molar-refractivity contribution < 1.29 is 32.2 Å². The summed E-state index contributed by atoms with van der Waals surface area (Å²) in [5.74, 6) is 0.250. The van der Waals surface area contributed by atoms with Crippen LogP contribution in [-0.2, 0) is 26.2 Å². The first-order chi connectivity index (χ1) is 20.2. The molecular weight excluding hydrogens is 570 g/mol. The number of benzene rings is 3. The Balaban J connectivity index is 2.08. The van der Waals surface area contributed by atoms with Crippen molar-refractivity contribution in [1.29, 1.82) is 0 Å². The number of amides is 2. The smallest absolute Gasteiger partial charge is 0.264 e. The van der Waals surface area contributed by atoms with Gasteiger partial charge in [-0.1, -0.05) is 29.8 Å². The molecule has 1 atom stereocenters. The van der Waals surface area contributed by atoms with E-state index < -0.39 is 34.1 Å². The van der Waals surface area contributed by atoms with Gasteiger partial charge in [0.25, 0.3) is 10.0 Å². The van der Waals surface area contributed by atoms with E-state index in [2.05, 4.69) is 5.32 Å². The van der Waals surface area contributed by atoms with Crippen LogP contribution in [0, 0.1) is 6.92 Å². The van der Waals surface area contributed by atoms with Gasteiger partial charge in [0.2, 0.25) is 11.8 Å². The summed E-state index contributed by atoms with van der Waals surface area (Å²) in [7, 11) is 0.128. The van der Waals surface area contributed by atoms with Gasteiger partial charge in [-0.05, 0) is 76.6 Å². The van der Waals surface area contributed by atoms with E-state index in [4.69, 9.17) is 14.2 Å². The van der Waals surface area contributed by atoms with Crippen LogP contribution in [0.4, 0.5) is 5.69 Å². The van der Waals surface area contributed by atoms with Gasteiger partial charge in [0, 0.05) is 18.2 Å². The van der Waals surface area contributed by atoms with Gasteiger partial charge in [0.1, 0.15) is 18.3 Å². The minimum absolute atomic E-state index is 0.0485. The maximum absolute atomic E-state index is 14.1. The molecule has 0 saturated carbocycles. The van der Waals surface area contributed by atoms with Gasteiger partial charge in [0.05, 0.1) is 31.9 Å². The molecule has 0 aliphatic heterocycles. The zero-order chi connectivity index (χ0) is 31.9. The van der Waals surface area contributed by atoms with Gasteiger partial charge in [0.15, 0.2) is 11.5 Å². The van der Waals surface area contributed by atoms with Crippen LogP contribution >= 0.6 is 0 Å². The number of methoxy groups -OCH3 is 3. The molecule has 0 spiro atoms. The third kappa shape index (κ3) is 8.41. The number of hydrogen-bond acceptors (Lipinski definition) is 7. The average Bonchev–Trinajstić information content (AvgIpc) is 2.97. The van der Waals surface area contributed by atoms with Gasteiger partial charge in [-0.2, -0.15) is 0 Å². The highest BCUT2D eigenvalue weighted by Gasteiger charge is 2.34. The number of anilines is 1. The molecule has 1 N–H and O–H groups in total. The van der Waals surface area contributed by atoms with E-state index in [0.29, 0.717) is 22.7 Å². The maximum atomic E-state index is 14.1. The molecular formula is C32H41N3O7S. The monoisotopic (exact) mass is 611 g/mol. The molecule has 0 heterocycles. The average molecular weight is 612 g/mol. The molecule has 0 radical (unpaired) electrons. The van der Waals surface area contributed by atoms with Gasteiger partial charge in [-0.25, -0.2) is 8.42 Å². The van der Waals surface area contributed by atoms with E-state index in [9.17, 15) is 18.0 Å². The Morgan fingerprint density at radius 1 is 0.884 bits per heavy atom. The largest absolute Gasteiger partial charge is 0.497 e. The summed E-state index contributed by atoms with van der Waals surface area (Å²) < 4.78 is 45.3. The highest BCUT2D eigenvalue weighted by Crippen LogP contribution is 2.32. The molecule has 43 heavy (non-hydrogen) atoms. The molecule has 0 aliphatic carbocycles. The Labute approximate surface area is 254 Å². The summed E-state index contributed by atoms with van der Waals surface area (Å²) in [6.07, 6.45) is 0. The zero-order valence-electron chi connectivity index (χ0n) is 26.0. The highest BCUT2D eigenvalue weighted by molar-refractivity contribution is 7.92. The zero-order valence-corrected chi connectivity index (χ0v) is 26.8. The third-order valence-corrected chi connectivity index (χ3v) is 8.47. The first-order valence-electron chi connectivity index (χ1n) is 13.8. The Bertz CT molecular complexity index is 1530. The molecule has 0 saturated heterocycles. The van der Waals surface area contributed by atoms with Crippen LogP contribution in [0.25, 0.3) is 0 Å². The lowest BCUT2D eigenvalue weighted by molar-refractivity contribution is -0.140. The molecule has 3 rings (SSSR count). The second-order valence-corrected chi connectivity index (χ2v) is 13.0. The van der Waals surface area contributed by atoms with Crippen molar-refractivity contribution in [2.24, 2.45) is 0 Å². The fourth-order valence-corrected chi connectivity index (χ4v) is 5.80. The highest BCUT2D eigenvalue weighted by atomic mass is 32.2. The number of ether oxygens (including phenoxy) is 3. The first-order valence-corrected chi connectivity index (χ1v) is 15.2. The van der Waals surface area contributed by atoms with Crippen LogP contribution in [0.2, 0.25) is 0 Å². The molecule has 10 nitrogen and oxygen atoms in total. The van der Waals surface area contributed by atoms with Gasteiger partial charge in [-0.15, -0.1) is 0 Å². The molecule has 0 unspecified atom stereocenters. The number of carbonyl (C=O) groups excluding carboxylic acids is 2. The third-order valence-electron chi connectivity index (χ3n) is 6.70. The summed E-state index contributed by atoms with van der Waals surface area (Å²) in [6.45, 7) is 8.54. The van der Waals surface area contributed by atoms with Crippen molar-refractivity contribution in [3.63, 3.8) is 0 Å². The summed E-state index contributed by atoms with van der Waals surface area (Å²) in [5, 5.41) is 2.92. The van der Waals surface area contributed by atoms with Crippen molar-refractivity contribution in [1.82, 2.24) is 10.2 Å². The predicted octanol–water partition coefficient (Wildman–Crippen LogP) is 4.55. The lowest BCUT2D eigenvalue weighted by Gasteiger charge is -2.33. The molecule has 232 valence electrons. The standard InChI is InChI=1S/C32H41N3O7S/c1-22-12-14-25(15-13-22)35(43(38,39)27-16-17-28(41-7)29(19-27)42-8)21-30(36)34(23(2)31(37)33-32(3,4)5)20-24-10-9-11-26(18-24)40-6/h9-19,23H,20-21H2,1-8H3,(H,33,37)/t23-/m0/s1. The van der Waals surface area contributed by atoms with E-state index >= 15 is 0 Å². The number of aryl methyl sites for hydroxylation is 1. The molecule has 11 heteroatoms. The lowest BCUT2D eigenvalue weighted by atomic mass is 10.1. The molecule has 0 aromatic heterocycles. The van der Waals surface area contributed by atoms with E-state index in [0.717, 1.165) is 9.87 Å². The number of nitrogens with zero attached hydrogens (tertiary/aromatic N) is 2. The SMILES string of the molecule is COc1cccc(CN(C(=O)CN(c2ccc(C)cc2)S(=O)(=O)c2ccc(OC)c(OC)c2)[C@@H](C)C(=O)NC(C)(C)C)c1. The number of nitrogens with one attached hydrogen (secondary N) is 1. The molecule has 0 fully saturated rings. The maximum Gasteiger partial charge on any atom is 0.264 e. The molecule has 0 bridgehead atoms. The molecule has 2 amide bonds.